The van der Waals surface area contributed by atoms with E-state index < -0.39 is 16.2 Å². The molecule has 0 aliphatic heterocycles. The molecule has 1 atom stereocenters. The van der Waals surface area contributed by atoms with Gasteiger partial charge in [-0.05, 0) is 17.7 Å². The first-order valence-electron chi connectivity index (χ1n) is 4.97. The number of hydrogen-bond acceptors (Lipinski definition) is 5. The van der Waals surface area contributed by atoms with E-state index in [2.05, 4.69) is 0 Å². The lowest BCUT2D eigenvalue weighted by Crippen LogP contribution is -2.13. The Balaban J connectivity index is 2.72. The van der Waals surface area contributed by atoms with Crippen LogP contribution in [-0.2, 0) is 19.0 Å². The molecule has 17 heavy (non-hydrogen) atoms. The van der Waals surface area contributed by atoms with Gasteiger partial charge in [0.15, 0.2) is 0 Å². The first-order valence-corrected chi connectivity index (χ1v) is 6.79. The van der Waals surface area contributed by atoms with Gasteiger partial charge in [-0.3, -0.25) is 4.18 Å². The van der Waals surface area contributed by atoms with Crippen LogP contribution >= 0.6 is 0 Å². The summed E-state index contributed by atoms with van der Waals surface area (Å²) in [6, 6.07) is 7.17. The molecule has 0 bridgehead atoms. The molecule has 1 aromatic rings. The lowest BCUT2D eigenvalue weighted by atomic mass is 10.1. The average molecular weight is 260 g/mol. The van der Waals surface area contributed by atoms with Crippen molar-refractivity contribution in [2.45, 2.75) is 6.10 Å². The van der Waals surface area contributed by atoms with E-state index >= 15 is 0 Å². The van der Waals surface area contributed by atoms with Crippen LogP contribution < -0.4 is 4.74 Å². The molecule has 1 aromatic carbocycles. The molecule has 0 aliphatic rings. The highest BCUT2D eigenvalue weighted by atomic mass is 32.2. The Bertz CT molecular complexity index is 437. The van der Waals surface area contributed by atoms with Crippen molar-refractivity contribution in [1.82, 2.24) is 0 Å². The lowest BCUT2D eigenvalue weighted by Gasteiger charge is -2.15. The van der Waals surface area contributed by atoms with Crippen LogP contribution in [0.3, 0.4) is 0 Å². The maximum absolute atomic E-state index is 10.9. The number of methoxy groups -OCH3 is 2. The minimum Gasteiger partial charge on any atom is -0.497 e. The Kier molecular flexibility index (Phi) is 4.92. The monoisotopic (exact) mass is 260 g/mol. The summed E-state index contributed by atoms with van der Waals surface area (Å²) < 4.78 is 36.7. The third-order valence-corrected chi connectivity index (χ3v) is 2.77. The third-order valence-electron chi connectivity index (χ3n) is 2.21. The lowest BCUT2D eigenvalue weighted by molar-refractivity contribution is 0.0601. The number of rotatable bonds is 6. The summed E-state index contributed by atoms with van der Waals surface area (Å²) in [6.45, 7) is -0.0400. The molecule has 0 aliphatic carbocycles. The van der Waals surface area contributed by atoms with Gasteiger partial charge in [-0.1, -0.05) is 12.1 Å². The predicted octanol–water partition coefficient (Wildman–Crippen LogP) is 1.36. The second-order valence-electron chi connectivity index (χ2n) is 3.49. The Morgan fingerprint density at radius 2 is 1.76 bits per heavy atom. The summed E-state index contributed by atoms with van der Waals surface area (Å²) in [4.78, 5) is 0. The minimum absolute atomic E-state index is 0.0400. The van der Waals surface area contributed by atoms with Crippen molar-refractivity contribution in [2.75, 3.05) is 27.1 Å². The summed E-state index contributed by atoms with van der Waals surface area (Å²) >= 11 is 0. The number of ether oxygens (including phenoxy) is 2. The van der Waals surface area contributed by atoms with Gasteiger partial charge in [-0.15, -0.1) is 0 Å². The van der Waals surface area contributed by atoms with E-state index in [1.54, 1.807) is 31.4 Å². The maximum atomic E-state index is 10.9. The smallest absolute Gasteiger partial charge is 0.264 e. The van der Waals surface area contributed by atoms with E-state index in [-0.39, 0.29) is 6.61 Å². The van der Waals surface area contributed by atoms with Crippen molar-refractivity contribution in [2.24, 2.45) is 0 Å². The fourth-order valence-corrected chi connectivity index (χ4v) is 1.68. The fraction of sp³-hybridized carbons (Fsp3) is 0.455. The molecule has 0 N–H and O–H groups in total. The summed E-state index contributed by atoms with van der Waals surface area (Å²) in [7, 11) is -0.375. The summed E-state index contributed by atoms with van der Waals surface area (Å²) in [5, 5.41) is 0. The first-order chi connectivity index (χ1) is 7.96. The van der Waals surface area contributed by atoms with Crippen LogP contribution in [-0.4, -0.2) is 35.5 Å². The fourth-order valence-electron chi connectivity index (χ4n) is 1.30. The molecule has 0 heterocycles. The second kappa shape index (κ2) is 6.00. The summed E-state index contributed by atoms with van der Waals surface area (Å²) in [5.41, 5.74) is 0.831. The van der Waals surface area contributed by atoms with Crippen LogP contribution in [0.5, 0.6) is 5.75 Å². The highest BCUT2D eigenvalue weighted by Crippen LogP contribution is 2.20. The quantitative estimate of drug-likeness (QED) is 0.723. The van der Waals surface area contributed by atoms with Crippen molar-refractivity contribution >= 4 is 10.1 Å². The van der Waals surface area contributed by atoms with E-state index in [0.717, 1.165) is 17.6 Å². The van der Waals surface area contributed by atoms with Crippen LogP contribution in [0.25, 0.3) is 0 Å². The van der Waals surface area contributed by atoms with Gasteiger partial charge in [-0.2, -0.15) is 8.42 Å². The van der Waals surface area contributed by atoms with E-state index in [1.807, 2.05) is 0 Å². The topological polar surface area (TPSA) is 61.8 Å². The molecular weight excluding hydrogens is 244 g/mol. The molecule has 0 spiro atoms. The zero-order chi connectivity index (χ0) is 12.9. The van der Waals surface area contributed by atoms with Gasteiger partial charge in [0.1, 0.15) is 11.9 Å². The van der Waals surface area contributed by atoms with Crippen LogP contribution in [0.1, 0.15) is 11.7 Å². The Labute approximate surface area is 101 Å². The third kappa shape index (κ3) is 4.72. The largest absolute Gasteiger partial charge is 0.497 e. The van der Waals surface area contributed by atoms with Crippen molar-refractivity contribution in [1.29, 1.82) is 0 Å². The Morgan fingerprint density at radius 1 is 1.18 bits per heavy atom. The van der Waals surface area contributed by atoms with Gasteiger partial charge >= 0.3 is 0 Å². The molecule has 6 heteroatoms. The van der Waals surface area contributed by atoms with Crippen molar-refractivity contribution in [3.05, 3.63) is 29.8 Å². The molecule has 1 rings (SSSR count). The standard InChI is InChI=1S/C11H16O5S/c1-14-10-6-4-9(5-7-10)11(15-2)8-16-17(3,12)13/h4-7,11H,8H2,1-3H3. The van der Waals surface area contributed by atoms with Gasteiger partial charge in [0, 0.05) is 7.11 Å². The van der Waals surface area contributed by atoms with E-state index in [4.69, 9.17) is 13.7 Å². The Hall–Kier alpha value is -1.11. The molecule has 5 nitrogen and oxygen atoms in total. The zero-order valence-corrected chi connectivity index (χ0v) is 10.9. The normalized spacial score (nSPS) is 13.4. The second-order valence-corrected chi connectivity index (χ2v) is 5.13. The molecular formula is C11H16O5S. The number of hydrogen-bond donors (Lipinski definition) is 0. The van der Waals surface area contributed by atoms with Crippen molar-refractivity contribution in [3.8, 4) is 5.75 Å². The van der Waals surface area contributed by atoms with E-state index in [0.29, 0.717) is 0 Å². The van der Waals surface area contributed by atoms with E-state index in [9.17, 15) is 8.42 Å². The average Bonchev–Trinajstić information content (AvgIpc) is 2.29. The van der Waals surface area contributed by atoms with Crippen LogP contribution in [0.2, 0.25) is 0 Å². The first kappa shape index (κ1) is 14.0. The predicted molar refractivity (Wildman–Crippen MR) is 63.5 cm³/mol. The molecule has 0 fully saturated rings. The highest BCUT2D eigenvalue weighted by Gasteiger charge is 2.14. The maximum Gasteiger partial charge on any atom is 0.264 e. The van der Waals surface area contributed by atoms with Gasteiger partial charge in [0.25, 0.3) is 10.1 Å². The molecule has 0 saturated carbocycles. The number of benzene rings is 1. The zero-order valence-electron chi connectivity index (χ0n) is 10.0. The van der Waals surface area contributed by atoms with Gasteiger partial charge in [0.2, 0.25) is 0 Å². The molecule has 1 unspecified atom stereocenters. The van der Waals surface area contributed by atoms with Gasteiger partial charge < -0.3 is 9.47 Å². The molecule has 0 saturated heterocycles. The molecule has 0 aromatic heterocycles. The van der Waals surface area contributed by atoms with Gasteiger partial charge in [0.05, 0.1) is 20.0 Å². The summed E-state index contributed by atoms with van der Waals surface area (Å²) in [6.07, 6.45) is 0.587. The van der Waals surface area contributed by atoms with Gasteiger partial charge in [-0.25, -0.2) is 0 Å². The van der Waals surface area contributed by atoms with Crippen LogP contribution in [0.4, 0.5) is 0 Å². The van der Waals surface area contributed by atoms with E-state index in [1.165, 1.54) is 7.11 Å². The Morgan fingerprint density at radius 3 is 2.18 bits per heavy atom. The van der Waals surface area contributed by atoms with Crippen molar-refractivity contribution < 1.29 is 22.1 Å². The highest BCUT2D eigenvalue weighted by molar-refractivity contribution is 7.85. The molecule has 96 valence electrons. The summed E-state index contributed by atoms with van der Waals surface area (Å²) in [5.74, 6) is 0.729. The molecule has 0 radical (unpaired) electrons. The van der Waals surface area contributed by atoms with Crippen LogP contribution in [0, 0.1) is 0 Å². The SMILES string of the molecule is COc1ccc(C(COS(C)(=O)=O)OC)cc1. The van der Waals surface area contributed by atoms with Crippen LogP contribution in [0.15, 0.2) is 24.3 Å². The van der Waals surface area contributed by atoms with Crippen molar-refractivity contribution in [3.63, 3.8) is 0 Å². The molecule has 0 amide bonds. The minimum atomic E-state index is -3.45.